The van der Waals surface area contributed by atoms with Crippen LogP contribution in [-0.4, -0.2) is 93.4 Å². The fourth-order valence-corrected chi connectivity index (χ4v) is 7.79. The summed E-state index contributed by atoms with van der Waals surface area (Å²) in [4.78, 5) is 68.9. The van der Waals surface area contributed by atoms with Gasteiger partial charge in [-0.15, -0.1) is 0 Å². The topological polar surface area (TPSA) is 166 Å². The molecular weight excluding hydrogens is 803 g/mol. The van der Waals surface area contributed by atoms with Gasteiger partial charge >= 0.3 is 18.1 Å². The Balaban J connectivity index is 1.07. The zero-order valence-corrected chi connectivity index (χ0v) is 34.5. The SMILES string of the molecule is COC(=O)c1c(OC(=O)OCCCOC(=O)Cc2c(C)n(C(=O)c3ccc(Cl)cc3)c3ccc(OC)cc23)n(C2CC2)c2c(OC)c(N3CCNC(C)C3)c(F)cc2c1=O. The van der Waals surface area contributed by atoms with Crippen LogP contribution >= 0.6 is 11.6 Å². The smallest absolute Gasteiger partial charge is 0.497 e. The maximum atomic E-state index is 15.9. The molecule has 1 N–H and O–H groups in total. The number of benzene rings is 3. The molecular formula is C43H44ClFN4O11. The number of halogens is 2. The van der Waals surface area contributed by atoms with E-state index in [9.17, 15) is 24.0 Å². The number of rotatable bonds is 13. The van der Waals surface area contributed by atoms with E-state index in [1.165, 1.54) is 23.4 Å². The van der Waals surface area contributed by atoms with Gasteiger partial charge in [0.25, 0.3) is 5.91 Å². The van der Waals surface area contributed by atoms with Crippen LogP contribution in [0.4, 0.5) is 14.9 Å². The highest BCUT2D eigenvalue weighted by atomic mass is 35.5. The summed E-state index contributed by atoms with van der Waals surface area (Å²) in [5.74, 6) is -2.50. The Labute approximate surface area is 348 Å². The van der Waals surface area contributed by atoms with Crippen LogP contribution in [0.1, 0.15) is 64.2 Å². The lowest BCUT2D eigenvalue weighted by molar-refractivity contribution is -0.143. The quantitative estimate of drug-likeness (QED) is 0.0790. The van der Waals surface area contributed by atoms with Crippen molar-refractivity contribution < 1.29 is 52.0 Å². The fourth-order valence-electron chi connectivity index (χ4n) is 7.66. The first-order chi connectivity index (χ1) is 28.9. The molecule has 7 rings (SSSR count). The van der Waals surface area contributed by atoms with Crippen LogP contribution < -0.4 is 29.9 Å². The molecule has 17 heteroatoms. The number of nitrogens with one attached hydrogen (secondary N) is 1. The molecule has 1 saturated heterocycles. The Morgan fingerprint density at radius 1 is 0.950 bits per heavy atom. The second kappa shape index (κ2) is 17.6. The molecule has 2 aromatic heterocycles. The predicted molar refractivity (Wildman–Crippen MR) is 220 cm³/mol. The summed E-state index contributed by atoms with van der Waals surface area (Å²) in [6.07, 6.45) is -0.107. The summed E-state index contributed by atoms with van der Waals surface area (Å²) in [7, 11) is 3.95. The van der Waals surface area contributed by atoms with E-state index in [0.29, 0.717) is 71.0 Å². The van der Waals surface area contributed by atoms with Crippen LogP contribution in [0, 0.1) is 12.7 Å². The number of hydrogen-bond donors (Lipinski definition) is 1. The van der Waals surface area contributed by atoms with Crippen molar-refractivity contribution >= 4 is 63.1 Å². The van der Waals surface area contributed by atoms with Crippen molar-refractivity contribution in [3.63, 3.8) is 0 Å². The number of carbonyl (C=O) groups is 4. The van der Waals surface area contributed by atoms with Gasteiger partial charge in [-0.2, -0.15) is 0 Å². The minimum atomic E-state index is -1.24. The Morgan fingerprint density at radius 2 is 1.68 bits per heavy atom. The molecule has 1 aliphatic carbocycles. The lowest BCUT2D eigenvalue weighted by Crippen LogP contribution is -2.49. The minimum Gasteiger partial charge on any atom is -0.497 e. The first-order valence-corrected chi connectivity index (χ1v) is 19.8. The highest BCUT2D eigenvalue weighted by molar-refractivity contribution is 6.30. The Bertz CT molecular complexity index is 2570. The van der Waals surface area contributed by atoms with Crippen molar-refractivity contribution in [2.75, 3.05) is 59.1 Å². The predicted octanol–water partition coefficient (Wildman–Crippen LogP) is 6.37. The highest BCUT2D eigenvalue weighted by Crippen LogP contribution is 2.47. The minimum absolute atomic E-state index is 0.0447. The van der Waals surface area contributed by atoms with Crippen molar-refractivity contribution in [2.45, 2.75) is 51.6 Å². The van der Waals surface area contributed by atoms with E-state index in [1.807, 2.05) is 11.8 Å². The van der Waals surface area contributed by atoms with Gasteiger partial charge in [0.2, 0.25) is 11.3 Å². The van der Waals surface area contributed by atoms with Crippen LogP contribution in [-0.2, 0) is 25.4 Å². The van der Waals surface area contributed by atoms with Crippen molar-refractivity contribution in [1.29, 1.82) is 0 Å². The number of pyridine rings is 1. The van der Waals surface area contributed by atoms with E-state index in [2.05, 4.69) is 5.32 Å². The average Bonchev–Trinajstić information content (AvgIpc) is 4.04. The van der Waals surface area contributed by atoms with Gasteiger partial charge in [-0.1, -0.05) is 11.6 Å². The first-order valence-electron chi connectivity index (χ1n) is 19.4. The highest BCUT2D eigenvalue weighted by Gasteiger charge is 2.37. The van der Waals surface area contributed by atoms with E-state index < -0.39 is 40.8 Å². The normalized spacial score (nSPS) is 15.2. The molecule has 3 aromatic carbocycles. The third kappa shape index (κ3) is 8.21. The average molecular weight is 847 g/mol. The number of ether oxygens (including phenoxy) is 6. The van der Waals surface area contributed by atoms with Gasteiger partial charge in [0.15, 0.2) is 17.1 Å². The van der Waals surface area contributed by atoms with Gasteiger partial charge in [-0.25, -0.2) is 14.0 Å². The van der Waals surface area contributed by atoms with Gasteiger partial charge in [0.05, 0.1) is 51.9 Å². The van der Waals surface area contributed by atoms with Crippen molar-refractivity contribution in [1.82, 2.24) is 14.5 Å². The Kier molecular flexibility index (Phi) is 12.3. The molecule has 60 heavy (non-hydrogen) atoms. The number of aromatic nitrogens is 2. The van der Waals surface area contributed by atoms with Gasteiger partial charge < -0.3 is 43.2 Å². The molecule has 1 unspecified atom stereocenters. The molecule has 316 valence electrons. The molecule has 0 bridgehead atoms. The van der Waals surface area contributed by atoms with E-state index in [-0.39, 0.29) is 66.4 Å². The molecule has 2 aliphatic rings. The van der Waals surface area contributed by atoms with Crippen LogP contribution in [0.3, 0.4) is 0 Å². The molecule has 0 radical (unpaired) electrons. The lowest BCUT2D eigenvalue weighted by atomic mass is 10.1. The van der Waals surface area contributed by atoms with E-state index in [4.69, 9.17) is 40.0 Å². The molecule has 1 saturated carbocycles. The van der Waals surface area contributed by atoms with E-state index in [0.717, 1.165) is 13.2 Å². The molecule has 15 nitrogen and oxygen atoms in total. The lowest BCUT2D eigenvalue weighted by Gasteiger charge is -2.35. The number of methoxy groups -OCH3 is 3. The zero-order valence-electron chi connectivity index (χ0n) is 33.7. The zero-order chi connectivity index (χ0) is 42.8. The van der Waals surface area contributed by atoms with Gasteiger partial charge in [-0.05, 0) is 80.8 Å². The van der Waals surface area contributed by atoms with Gasteiger partial charge in [0, 0.05) is 59.8 Å². The standard InChI is InChI=1S/C43H44ClFN4O11/c1-23-22-47(16-15-46-23)37-32(45)20-31-36(39(37)56-4)49(27-11-12-27)41(35(38(31)51)42(53)57-5)60-43(54)59-18-6-17-58-34(50)21-29-24(2)48(33-14-13-28(55-3)19-30(29)33)40(52)25-7-9-26(44)10-8-25/h7-10,13-14,19-20,23,27,46H,6,11-12,15-18,21-22H2,1-5H3. The number of fused-ring (bicyclic) bond motifs is 2. The molecule has 1 atom stereocenters. The molecule has 2 fully saturated rings. The summed E-state index contributed by atoms with van der Waals surface area (Å²) >= 11 is 6.04. The summed E-state index contributed by atoms with van der Waals surface area (Å²) in [6, 6.07) is 12.5. The van der Waals surface area contributed by atoms with Gasteiger partial charge in [-0.3, -0.25) is 19.0 Å². The summed E-state index contributed by atoms with van der Waals surface area (Å²) in [6.45, 7) is 4.83. The molecule has 0 spiro atoms. The van der Waals surface area contributed by atoms with Crippen molar-refractivity contribution in [3.8, 4) is 17.4 Å². The number of piperazine rings is 1. The first kappa shape index (κ1) is 42.0. The monoisotopic (exact) mass is 846 g/mol. The van der Waals surface area contributed by atoms with Gasteiger partial charge in [0.1, 0.15) is 17.0 Å². The molecule has 5 aromatic rings. The number of hydrogen-bond acceptors (Lipinski definition) is 13. The van der Waals surface area contributed by atoms with Crippen LogP contribution in [0.2, 0.25) is 5.02 Å². The third-order valence-corrected chi connectivity index (χ3v) is 10.9. The van der Waals surface area contributed by atoms with Crippen LogP contribution in [0.25, 0.3) is 21.8 Å². The van der Waals surface area contributed by atoms with Crippen molar-refractivity contribution in [2.24, 2.45) is 0 Å². The van der Waals surface area contributed by atoms with Crippen LogP contribution in [0.5, 0.6) is 17.4 Å². The summed E-state index contributed by atoms with van der Waals surface area (Å²) in [5, 5.41) is 4.30. The fraction of sp³-hybridized carbons (Fsp3) is 0.372. The summed E-state index contributed by atoms with van der Waals surface area (Å²) < 4.78 is 51.6. The largest absolute Gasteiger partial charge is 0.515 e. The Hall–Kier alpha value is -6.13. The summed E-state index contributed by atoms with van der Waals surface area (Å²) in [5.41, 5.74) is 0.910. The second-order valence-electron chi connectivity index (χ2n) is 14.6. The maximum Gasteiger partial charge on any atom is 0.515 e. The Morgan fingerprint density at radius 3 is 2.35 bits per heavy atom. The third-order valence-electron chi connectivity index (χ3n) is 10.6. The van der Waals surface area contributed by atoms with E-state index in [1.54, 1.807) is 49.4 Å². The molecule has 3 heterocycles. The maximum absolute atomic E-state index is 15.9. The van der Waals surface area contributed by atoms with Crippen LogP contribution in [0.15, 0.2) is 53.3 Å². The second-order valence-corrected chi connectivity index (χ2v) is 15.0. The number of nitrogens with zero attached hydrogens (tertiary/aromatic N) is 3. The number of carbonyl (C=O) groups excluding carboxylic acids is 4. The van der Waals surface area contributed by atoms with Crippen molar-refractivity contribution in [3.05, 3.63) is 92.0 Å². The molecule has 0 amide bonds. The van der Waals surface area contributed by atoms with E-state index >= 15 is 4.39 Å². The number of anilines is 1. The number of esters is 2. The molecule has 1 aliphatic heterocycles.